The summed E-state index contributed by atoms with van der Waals surface area (Å²) in [7, 11) is 1.61. The van der Waals surface area contributed by atoms with Gasteiger partial charge in [-0.3, -0.25) is 9.59 Å². The highest BCUT2D eigenvalue weighted by Crippen LogP contribution is 2.14. The van der Waals surface area contributed by atoms with Crippen molar-refractivity contribution in [2.24, 2.45) is 0 Å². The van der Waals surface area contributed by atoms with E-state index in [-0.39, 0.29) is 11.1 Å². The van der Waals surface area contributed by atoms with E-state index in [1.807, 2.05) is 90.8 Å². The van der Waals surface area contributed by atoms with Crippen molar-refractivity contribution >= 4 is 23.2 Å². The lowest BCUT2D eigenvalue weighted by atomic mass is 10.2. The van der Waals surface area contributed by atoms with Crippen LogP contribution >= 0.6 is 23.2 Å². The van der Waals surface area contributed by atoms with Gasteiger partial charge in [-0.25, -0.2) is 9.97 Å². The number of ether oxygens (including phenoxy) is 1. The van der Waals surface area contributed by atoms with Crippen molar-refractivity contribution in [3.63, 3.8) is 0 Å². The standard InChI is InChI=1S/C20H18ClN3O2.C19H16ClN3O/c1-15-22-18(7-6-16-4-3-5-17(21)12-16)14-24(15)19-8-9-23(10-11-26-2)20(25)13-19;1-3-22-10-9-18(12-19(22)24)23-13-17(21-14(23)2)8-7-15-5-4-6-16(20)11-15/h3-5,8-9,12-14H,10-11H2,1-2H3;4-6,9-13H,3H2,1-2H3. The first kappa shape index (κ1) is 35.7. The molecule has 0 spiro atoms. The molecule has 6 rings (SSSR count). The number of halogens is 2. The van der Waals surface area contributed by atoms with Crippen LogP contribution in [-0.4, -0.2) is 42.0 Å². The second-order valence-electron chi connectivity index (χ2n) is 11.0. The maximum Gasteiger partial charge on any atom is 0.252 e. The van der Waals surface area contributed by atoms with Gasteiger partial charge in [-0.15, -0.1) is 0 Å². The minimum absolute atomic E-state index is 0.0327. The lowest BCUT2D eigenvalue weighted by Gasteiger charge is -2.08. The lowest BCUT2D eigenvalue weighted by molar-refractivity contribution is 0.186. The van der Waals surface area contributed by atoms with Crippen LogP contribution in [0, 0.1) is 37.5 Å². The third kappa shape index (κ3) is 9.31. The molecule has 2 aromatic carbocycles. The summed E-state index contributed by atoms with van der Waals surface area (Å²) in [5, 5.41) is 1.30. The van der Waals surface area contributed by atoms with Gasteiger partial charge in [0, 0.05) is 78.3 Å². The van der Waals surface area contributed by atoms with Gasteiger partial charge in [-0.1, -0.05) is 47.2 Å². The van der Waals surface area contributed by atoms with E-state index < -0.39 is 0 Å². The molecule has 4 heterocycles. The highest BCUT2D eigenvalue weighted by atomic mass is 35.5. The van der Waals surface area contributed by atoms with E-state index in [4.69, 9.17) is 27.9 Å². The number of aryl methyl sites for hydroxylation is 3. The number of rotatable bonds is 6. The number of hydrogen-bond acceptors (Lipinski definition) is 5. The zero-order valence-corrected chi connectivity index (χ0v) is 29.5. The largest absolute Gasteiger partial charge is 0.383 e. The summed E-state index contributed by atoms with van der Waals surface area (Å²) >= 11 is 11.9. The Balaban J connectivity index is 0.000000195. The molecular formula is C39H34Cl2N6O3. The molecule has 6 aromatic rings. The minimum atomic E-state index is -0.0841. The molecule has 50 heavy (non-hydrogen) atoms. The maximum atomic E-state index is 12.2. The quantitative estimate of drug-likeness (QED) is 0.186. The van der Waals surface area contributed by atoms with E-state index in [2.05, 4.69) is 33.6 Å². The number of aromatic nitrogens is 6. The van der Waals surface area contributed by atoms with E-state index in [1.165, 1.54) is 0 Å². The Kier molecular flexibility index (Phi) is 11.9. The van der Waals surface area contributed by atoms with Crippen LogP contribution in [-0.2, 0) is 17.8 Å². The second-order valence-corrected chi connectivity index (χ2v) is 11.9. The summed E-state index contributed by atoms with van der Waals surface area (Å²) < 4.78 is 12.0. The van der Waals surface area contributed by atoms with Crippen LogP contribution in [0.25, 0.3) is 11.4 Å². The van der Waals surface area contributed by atoms with Crippen molar-refractivity contribution in [2.45, 2.75) is 33.9 Å². The Bertz CT molecular complexity index is 2380. The van der Waals surface area contributed by atoms with Gasteiger partial charge in [0.2, 0.25) is 0 Å². The summed E-state index contributed by atoms with van der Waals surface area (Å²) in [4.78, 5) is 33.1. The first-order valence-electron chi connectivity index (χ1n) is 15.7. The molecule has 0 aliphatic carbocycles. The normalized spacial score (nSPS) is 10.4. The van der Waals surface area contributed by atoms with Crippen LogP contribution in [0.3, 0.4) is 0 Å². The molecule has 9 nitrogen and oxygen atoms in total. The summed E-state index contributed by atoms with van der Waals surface area (Å²) in [6, 6.07) is 21.7. The van der Waals surface area contributed by atoms with Crippen LogP contribution in [0.5, 0.6) is 0 Å². The fourth-order valence-corrected chi connectivity index (χ4v) is 5.30. The number of nitrogens with zero attached hydrogens (tertiary/aromatic N) is 6. The molecule has 0 unspecified atom stereocenters. The van der Waals surface area contributed by atoms with Crippen molar-refractivity contribution in [2.75, 3.05) is 13.7 Å². The summed E-state index contributed by atoms with van der Waals surface area (Å²) in [6.45, 7) is 7.36. The molecule has 0 radical (unpaired) electrons. The average molecular weight is 706 g/mol. The van der Waals surface area contributed by atoms with Crippen LogP contribution in [0.4, 0.5) is 0 Å². The Morgan fingerprint density at radius 2 is 1.16 bits per heavy atom. The van der Waals surface area contributed by atoms with Crippen molar-refractivity contribution in [3.8, 4) is 35.1 Å². The molecule has 0 bridgehead atoms. The smallest absolute Gasteiger partial charge is 0.252 e. The van der Waals surface area contributed by atoms with Gasteiger partial charge in [0.15, 0.2) is 0 Å². The van der Waals surface area contributed by atoms with Crippen molar-refractivity contribution in [3.05, 3.63) is 163 Å². The van der Waals surface area contributed by atoms with Crippen LogP contribution in [0.1, 0.15) is 41.1 Å². The number of hydrogen-bond donors (Lipinski definition) is 0. The van der Waals surface area contributed by atoms with Gasteiger partial charge in [0.05, 0.1) is 18.0 Å². The van der Waals surface area contributed by atoms with E-state index in [9.17, 15) is 9.59 Å². The molecule has 0 fully saturated rings. The fraction of sp³-hybridized carbons (Fsp3) is 0.179. The van der Waals surface area contributed by atoms with Crippen LogP contribution in [0.2, 0.25) is 10.0 Å². The molecule has 0 atom stereocenters. The number of benzene rings is 2. The molecule has 0 saturated heterocycles. The van der Waals surface area contributed by atoms with Gasteiger partial charge in [-0.05, 0) is 81.1 Å². The molecule has 4 aromatic heterocycles. The van der Waals surface area contributed by atoms with Gasteiger partial charge in [0.1, 0.15) is 23.0 Å². The Morgan fingerprint density at radius 1 is 0.680 bits per heavy atom. The lowest BCUT2D eigenvalue weighted by Crippen LogP contribution is -2.21. The van der Waals surface area contributed by atoms with E-state index in [0.29, 0.717) is 41.1 Å². The molecule has 0 aliphatic heterocycles. The molecule has 11 heteroatoms. The van der Waals surface area contributed by atoms with Gasteiger partial charge >= 0.3 is 0 Å². The van der Waals surface area contributed by atoms with E-state index in [1.54, 1.807) is 52.9 Å². The monoisotopic (exact) mass is 704 g/mol. The molecule has 0 amide bonds. The predicted octanol–water partition coefficient (Wildman–Crippen LogP) is 6.46. The summed E-state index contributed by atoms with van der Waals surface area (Å²) in [5.74, 6) is 13.7. The average Bonchev–Trinajstić information content (AvgIpc) is 3.67. The Morgan fingerprint density at radius 3 is 1.58 bits per heavy atom. The number of imidazole rings is 2. The van der Waals surface area contributed by atoms with Crippen molar-refractivity contribution in [1.29, 1.82) is 0 Å². The SMILES string of the molecule is CCn1ccc(-n2cc(C#Cc3cccc(Cl)c3)nc2C)cc1=O.COCCn1ccc(-n2cc(C#Cc3cccc(Cl)c3)nc2C)cc1=O. The highest BCUT2D eigenvalue weighted by molar-refractivity contribution is 6.31. The summed E-state index contributed by atoms with van der Waals surface area (Å²) in [5.41, 5.74) is 4.35. The third-order valence-electron chi connectivity index (χ3n) is 7.48. The van der Waals surface area contributed by atoms with Gasteiger partial charge in [-0.2, -0.15) is 0 Å². The van der Waals surface area contributed by atoms with Gasteiger partial charge < -0.3 is 23.0 Å². The zero-order valence-electron chi connectivity index (χ0n) is 28.0. The molecule has 0 saturated carbocycles. The third-order valence-corrected chi connectivity index (χ3v) is 7.95. The number of pyridine rings is 2. The van der Waals surface area contributed by atoms with Gasteiger partial charge in [0.25, 0.3) is 11.1 Å². The first-order valence-corrected chi connectivity index (χ1v) is 16.5. The van der Waals surface area contributed by atoms with Crippen LogP contribution < -0.4 is 11.1 Å². The Labute approximate surface area is 300 Å². The fourth-order valence-electron chi connectivity index (χ4n) is 4.92. The maximum absolute atomic E-state index is 12.2. The van der Waals surface area contributed by atoms with Crippen molar-refractivity contribution in [1.82, 2.24) is 28.2 Å². The molecule has 0 aliphatic rings. The molecule has 252 valence electrons. The first-order chi connectivity index (χ1) is 24.1. The molecular weight excluding hydrogens is 671 g/mol. The summed E-state index contributed by atoms with van der Waals surface area (Å²) in [6.07, 6.45) is 7.20. The second kappa shape index (κ2) is 16.7. The van der Waals surface area contributed by atoms with E-state index >= 15 is 0 Å². The molecule has 0 N–H and O–H groups in total. The van der Waals surface area contributed by atoms with Crippen LogP contribution in [0.15, 0.2) is 107 Å². The topological polar surface area (TPSA) is 88.9 Å². The minimum Gasteiger partial charge on any atom is -0.383 e. The van der Waals surface area contributed by atoms with E-state index in [0.717, 1.165) is 34.2 Å². The van der Waals surface area contributed by atoms with Crippen molar-refractivity contribution < 1.29 is 4.74 Å². The number of methoxy groups -OCH3 is 1. The zero-order chi connectivity index (χ0) is 35.6. The Hall–Kier alpha value is -5.58. The highest BCUT2D eigenvalue weighted by Gasteiger charge is 2.08. The predicted molar refractivity (Wildman–Crippen MR) is 198 cm³/mol.